The average Bonchev–Trinajstić information content (AvgIpc) is 2.15. The van der Waals surface area contributed by atoms with Crippen LogP contribution in [0.5, 0.6) is 0 Å². The molecule has 0 saturated carbocycles. The zero-order valence-corrected chi connectivity index (χ0v) is 8.77. The molecule has 1 nitrogen and oxygen atoms in total. The van der Waals surface area contributed by atoms with Gasteiger partial charge in [-0.1, -0.05) is 13.3 Å². The van der Waals surface area contributed by atoms with Gasteiger partial charge < -0.3 is 0 Å². The molecule has 0 aromatic heterocycles. The molecule has 14 heavy (non-hydrogen) atoms. The first-order valence-electron chi connectivity index (χ1n) is 5.29. The molecule has 1 aliphatic rings. The van der Waals surface area contributed by atoms with Crippen molar-refractivity contribution in [1.29, 1.82) is 0 Å². The van der Waals surface area contributed by atoms with E-state index >= 15 is 0 Å². The summed E-state index contributed by atoms with van der Waals surface area (Å²) in [5.41, 5.74) is 0. The molecule has 0 aromatic rings. The molecule has 84 valence electrons. The highest BCUT2D eigenvalue weighted by Gasteiger charge is 2.42. The molecule has 1 fully saturated rings. The number of nitrogens with zero attached hydrogens (tertiary/aromatic N) is 1. The Kier molecular flexibility index (Phi) is 3.81. The second-order valence-electron chi connectivity index (χ2n) is 4.01. The lowest BCUT2D eigenvalue weighted by molar-refractivity contribution is -0.187. The van der Waals surface area contributed by atoms with Crippen LogP contribution in [0.25, 0.3) is 0 Å². The zero-order chi connectivity index (χ0) is 10.8. The lowest BCUT2D eigenvalue weighted by Crippen LogP contribution is -2.50. The number of piperidine rings is 1. The molecule has 0 bridgehead atoms. The fourth-order valence-electron chi connectivity index (χ4n) is 2.16. The summed E-state index contributed by atoms with van der Waals surface area (Å²) in [5.74, 6) is 0. The van der Waals surface area contributed by atoms with Crippen LogP contribution in [0.1, 0.15) is 39.5 Å². The highest BCUT2D eigenvalue weighted by atomic mass is 19.4. The van der Waals surface area contributed by atoms with E-state index in [0.29, 0.717) is 6.54 Å². The van der Waals surface area contributed by atoms with Crippen molar-refractivity contribution >= 4 is 0 Å². The maximum atomic E-state index is 12.5. The van der Waals surface area contributed by atoms with Gasteiger partial charge in [0, 0.05) is 6.04 Å². The van der Waals surface area contributed by atoms with Crippen LogP contribution in [0, 0.1) is 0 Å². The molecule has 0 radical (unpaired) electrons. The Balaban J connectivity index is 2.63. The molecule has 4 heteroatoms. The van der Waals surface area contributed by atoms with Gasteiger partial charge in [-0.2, -0.15) is 13.2 Å². The fraction of sp³-hybridized carbons (Fsp3) is 1.00. The third-order valence-corrected chi connectivity index (χ3v) is 3.12. The summed E-state index contributed by atoms with van der Waals surface area (Å²) >= 11 is 0. The van der Waals surface area contributed by atoms with E-state index in [-0.39, 0.29) is 6.04 Å². The number of likely N-dealkylation sites (tertiary alicyclic amines) is 1. The zero-order valence-electron chi connectivity index (χ0n) is 8.77. The molecule has 0 aromatic carbocycles. The summed E-state index contributed by atoms with van der Waals surface area (Å²) in [6.07, 6.45) is -0.376. The summed E-state index contributed by atoms with van der Waals surface area (Å²) < 4.78 is 37.5. The van der Waals surface area contributed by atoms with E-state index < -0.39 is 12.2 Å². The monoisotopic (exact) mass is 209 g/mol. The Bertz CT molecular complexity index is 179. The quantitative estimate of drug-likeness (QED) is 0.675. The second kappa shape index (κ2) is 4.51. The number of hydrogen-bond donors (Lipinski definition) is 0. The number of halogens is 3. The summed E-state index contributed by atoms with van der Waals surface area (Å²) in [4.78, 5) is 1.61. The van der Waals surface area contributed by atoms with Crippen LogP contribution in [0.3, 0.4) is 0 Å². The average molecular weight is 209 g/mol. The van der Waals surface area contributed by atoms with Crippen molar-refractivity contribution in [3.8, 4) is 0 Å². The third-order valence-electron chi connectivity index (χ3n) is 3.12. The Morgan fingerprint density at radius 2 is 2.00 bits per heavy atom. The predicted octanol–water partition coefficient (Wildman–Crippen LogP) is 3.20. The minimum Gasteiger partial charge on any atom is -0.289 e. The van der Waals surface area contributed by atoms with Crippen molar-refractivity contribution in [2.24, 2.45) is 0 Å². The predicted molar refractivity (Wildman–Crippen MR) is 50.2 cm³/mol. The lowest BCUT2D eigenvalue weighted by atomic mass is 9.98. The van der Waals surface area contributed by atoms with Gasteiger partial charge in [-0.15, -0.1) is 0 Å². The normalized spacial score (nSPS) is 27.6. The molecular formula is C10H18F3N. The molecule has 0 spiro atoms. The van der Waals surface area contributed by atoms with Crippen molar-refractivity contribution in [2.45, 2.75) is 57.8 Å². The van der Waals surface area contributed by atoms with Crippen molar-refractivity contribution < 1.29 is 13.2 Å². The number of hydrogen-bond acceptors (Lipinski definition) is 1. The first kappa shape index (κ1) is 11.8. The molecular weight excluding hydrogens is 191 g/mol. The van der Waals surface area contributed by atoms with Gasteiger partial charge in [-0.3, -0.25) is 4.90 Å². The molecule has 1 rings (SSSR count). The van der Waals surface area contributed by atoms with Crippen molar-refractivity contribution in [2.75, 3.05) is 6.54 Å². The van der Waals surface area contributed by atoms with Crippen LogP contribution in [-0.2, 0) is 0 Å². The topological polar surface area (TPSA) is 3.24 Å². The van der Waals surface area contributed by atoms with Gasteiger partial charge in [0.1, 0.15) is 6.04 Å². The summed E-state index contributed by atoms with van der Waals surface area (Å²) in [5, 5.41) is 0. The highest BCUT2D eigenvalue weighted by Crippen LogP contribution is 2.30. The Morgan fingerprint density at radius 1 is 1.36 bits per heavy atom. The van der Waals surface area contributed by atoms with E-state index in [1.165, 1.54) is 6.92 Å². The van der Waals surface area contributed by atoms with E-state index in [2.05, 4.69) is 0 Å². The SMILES string of the molecule is CCC1CCCCN1C(C)C(F)(F)F. The van der Waals surface area contributed by atoms with E-state index in [0.717, 1.165) is 25.7 Å². The van der Waals surface area contributed by atoms with Crippen molar-refractivity contribution in [1.82, 2.24) is 4.90 Å². The summed E-state index contributed by atoms with van der Waals surface area (Å²) in [6.45, 7) is 3.83. The van der Waals surface area contributed by atoms with E-state index in [1.54, 1.807) is 4.90 Å². The number of alkyl halides is 3. The lowest BCUT2D eigenvalue weighted by Gasteiger charge is -2.40. The van der Waals surface area contributed by atoms with Gasteiger partial charge in [0.2, 0.25) is 0 Å². The third kappa shape index (κ3) is 2.62. The first-order chi connectivity index (χ1) is 6.46. The fourth-order valence-corrected chi connectivity index (χ4v) is 2.16. The minimum absolute atomic E-state index is 0.125. The molecule has 0 N–H and O–H groups in total. The van der Waals surface area contributed by atoms with Gasteiger partial charge in [0.25, 0.3) is 0 Å². The van der Waals surface area contributed by atoms with E-state index in [9.17, 15) is 13.2 Å². The van der Waals surface area contributed by atoms with Crippen molar-refractivity contribution in [3.63, 3.8) is 0 Å². The molecule has 2 unspecified atom stereocenters. The molecule has 1 aliphatic heterocycles. The molecule has 0 aliphatic carbocycles. The standard InChI is InChI=1S/C10H18F3N/c1-3-9-6-4-5-7-14(9)8(2)10(11,12)13/h8-9H,3-7H2,1-2H3. The smallest absolute Gasteiger partial charge is 0.289 e. The minimum atomic E-state index is -4.08. The highest BCUT2D eigenvalue weighted by molar-refractivity contribution is 4.83. The van der Waals surface area contributed by atoms with Gasteiger partial charge in [-0.25, -0.2) is 0 Å². The molecule has 1 heterocycles. The summed E-state index contributed by atoms with van der Waals surface area (Å²) in [7, 11) is 0. The van der Waals surface area contributed by atoms with E-state index in [1.807, 2.05) is 6.92 Å². The van der Waals surface area contributed by atoms with Crippen LogP contribution < -0.4 is 0 Å². The van der Waals surface area contributed by atoms with Gasteiger partial charge in [0.15, 0.2) is 0 Å². The van der Waals surface area contributed by atoms with Gasteiger partial charge in [-0.05, 0) is 32.7 Å². The van der Waals surface area contributed by atoms with E-state index in [4.69, 9.17) is 0 Å². The van der Waals surface area contributed by atoms with Crippen LogP contribution in [0.2, 0.25) is 0 Å². The Labute approximate surface area is 83.3 Å². The largest absolute Gasteiger partial charge is 0.403 e. The maximum Gasteiger partial charge on any atom is 0.403 e. The second-order valence-corrected chi connectivity index (χ2v) is 4.01. The van der Waals surface area contributed by atoms with Gasteiger partial charge >= 0.3 is 6.18 Å². The Hall–Kier alpha value is -0.250. The van der Waals surface area contributed by atoms with Crippen LogP contribution >= 0.6 is 0 Å². The molecule has 1 saturated heterocycles. The Morgan fingerprint density at radius 3 is 2.50 bits per heavy atom. The summed E-state index contributed by atoms with van der Waals surface area (Å²) in [6, 6.07) is -1.16. The molecule has 0 amide bonds. The molecule has 2 atom stereocenters. The first-order valence-corrected chi connectivity index (χ1v) is 5.29. The van der Waals surface area contributed by atoms with Crippen molar-refractivity contribution in [3.05, 3.63) is 0 Å². The maximum absolute atomic E-state index is 12.5. The number of rotatable bonds is 2. The van der Waals surface area contributed by atoms with Crippen LogP contribution in [0.4, 0.5) is 13.2 Å². The van der Waals surface area contributed by atoms with Gasteiger partial charge in [0.05, 0.1) is 0 Å². The van der Waals surface area contributed by atoms with Crippen LogP contribution in [-0.4, -0.2) is 29.7 Å². The van der Waals surface area contributed by atoms with Crippen LogP contribution in [0.15, 0.2) is 0 Å².